The number of benzene rings is 1. The van der Waals surface area contributed by atoms with Gasteiger partial charge in [-0.2, -0.15) is 0 Å². The minimum Gasteiger partial charge on any atom is -0.508 e. The van der Waals surface area contributed by atoms with Crippen LogP contribution in [0.1, 0.15) is 59.4 Å². The zero-order chi connectivity index (χ0) is 22.3. The summed E-state index contributed by atoms with van der Waals surface area (Å²) in [7, 11) is 0. The molecule has 0 fully saturated rings. The first-order chi connectivity index (χ1) is 14.1. The third kappa shape index (κ3) is 6.91. The van der Waals surface area contributed by atoms with E-state index in [2.05, 4.69) is 51.2 Å². The number of rotatable bonds is 6. The highest BCUT2D eigenvalue weighted by Gasteiger charge is 2.26. The lowest BCUT2D eigenvalue weighted by atomic mass is 9.72. The van der Waals surface area contributed by atoms with Crippen molar-refractivity contribution >= 4 is 11.6 Å². The lowest BCUT2D eigenvalue weighted by Gasteiger charge is -2.32. The van der Waals surface area contributed by atoms with Gasteiger partial charge in [0.1, 0.15) is 5.75 Å². The number of carbonyl (C=O) groups is 1. The van der Waals surface area contributed by atoms with Crippen LogP contribution in [0.5, 0.6) is 5.75 Å². The molecule has 160 valence electrons. The van der Waals surface area contributed by atoms with E-state index in [1.165, 1.54) is 36.0 Å². The van der Waals surface area contributed by atoms with Crippen molar-refractivity contribution in [2.45, 2.75) is 60.8 Å². The fraction of sp³-hybridized carbons (Fsp3) is 0.370. The molecule has 0 bridgehead atoms. The number of hydrogen-bond donors (Lipinski definition) is 2. The van der Waals surface area contributed by atoms with Crippen LogP contribution in [-0.4, -0.2) is 11.0 Å². The van der Waals surface area contributed by atoms with Gasteiger partial charge in [0.25, 0.3) is 0 Å². The molecule has 0 radical (unpaired) electrons. The van der Waals surface area contributed by atoms with Crippen molar-refractivity contribution in [2.75, 3.05) is 5.32 Å². The Morgan fingerprint density at radius 3 is 2.53 bits per heavy atom. The van der Waals surface area contributed by atoms with Crippen LogP contribution in [0.2, 0.25) is 0 Å². The molecule has 2 N–H and O–H groups in total. The zero-order valence-electron chi connectivity index (χ0n) is 19.2. The second-order valence-corrected chi connectivity index (χ2v) is 8.91. The van der Waals surface area contributed by atoms with Gasteiger partial charge >= 0.3 is 0 Å². The standard InChI is InChI=1S/C27H35NO2/c1-19(12-14-24-21(3)11-8-16-27(24,5)6)9-7-10-20(2)17-26(30)28-23-13-15-25(29)22(4)18-23/h7,9-10,12-15,17-18,29H,8,11,16H2,1-6H3,(H,28,30)/b10-7+,14-12+,19-9+,20-17+. The van der Waals surface area contributed by atoms with Crippen LogP contribution < -0.4 is 5.32 Å². The topological polar surface area (TPSA) is 49.3 Å². The highest BCUT2D eigenvalue weighted by atomic mass is 16.3. The maximum atomic E-state index is 12.2. The molecular formula is C27H35NO2. The molecule has 1 amide bonds. The number of aryl methyl sites for hydroxylation is 1. The second kappa shape index (κ2) is 10.3. The number of carbonyl (C=O) groups excluding carboxylic acids is 1. The average Bonchev–Trinajstić information content (AvgIpc) is 2.63. The largest absolute Gasteiger partial charge is 0.508 e. The highest BCUT2D eigenvalue weighted by Crippen LogP contribution is 2.40. The fourth-order valence-corrected chi connectivity index (χ4v) is 3.80. The monoisotopic (exact) mass is 405 g/mol. The van der Waals surface area contributed by atoms with E-state index in [0.717, 1.165) is 11.1 Å². The van der Waals surface area contributed by atoms with Gasteiger partial charge in [-0.15, -0.1) is 0 Å². The molecule has 1 aromatic rings. The number of phenolic OH excluding ortho intramolecular Hbond substituents is 1. The van der Waals surface area contributed by atoms with Gasteiger partial charge in [-0.3, -0.25) is 4.79 Å². The normalized spacial score (nSPS) is 17.8. The van der Waals surface area contributed by atoms with E-state index in [-0.39, 0.29) is 17.1 Å². The Hall–Kier alpha value is -2.81. The van der Waals surface area contributed by atoms with Gasteiger partial charge in [-0.25, -0.2) is 0 Å². The van der Waals surface area contributed by atoms with Gasteiger partial charge < -0.3 is 10.4 Å². The SMILES string of the molecule is CC1=C(/C=C/C(C)=C/C=C/C(C)=C/C(=O)Nc2ccc(O)c(C)c2)C(C)(C)CCC1. The van der Waals surface area contributed by atoms with Gasteiger partial charge in [-0.05, 0) is 87.3 Å². The lowest BCUT2D eigenvalue weighted by molar-refractivity contribution is -0.111. The van der Waals surface area contributed by atoms with Crippen molar-refractivity contribution in [2.24, 2.45) is 5.41 Å². The first-order valence-corrected chi connectivity index (χ1v) is 10.6. The summed E-state index contributed by atoms with van der Waals surface area (Å²) in [4.78, 5) is 12.2. The lowest BCUT2D eigenvalue weighted by Crippen LogP contribution is -2.19. The van der Waals surface area contributed by atoms with Crippen LogP contribution in [-0.2, 0) is 4.79 Å². The molecule has 1 aromatic carbocycles. The minimum absolute atomic E-state index is 0.190. The van der Waals surface area contributed by atoms with Gasteiger partial charge in [0.05, 0.1) is 0 Å². The Morgan fingerprint density at radius 2 is 1.87 bits per heavy atom. The van der Waals surface area contributed by atoms with Crippen LogP contribution in [0.3, 0.4) is 0 Å². The Kier molecular flexibility index (Phi) is 8.05. The maximum Gasteiger partial charge on any atom is 0.248 e. The molecule has 0 heterocycles. The summed E-state index contributed by atoms with van der Waals surface area (Å²) >= 11 is 0. The molecule has 0 atom stereocenters. The molecule has 0 aliphatic heterocycles. The molecule has 0 saturated heterocycles. The molecule has 2 rings (SSSR count). The smallest absolute Gasteiger partial charge is 0.248 e. The third-order valence-corrected chi connectivity index (χ3v) is 5.60. The van der Waals surface area contributed by atoms with Gasteiger partial charge in [0, 0.05) is 11.8 Å². The van der Waals surface area contributed by atoms with E-state index in [1.807, 2.05) is 19.1 Å². The quantitative estimate of drug-likeness (QED) is 0.299. The number of aromatic hydroxyl groups is 1. The third-order valence-electron chi connectivity index (χ3n) is 5.60. The summed E-state index contributed by atoms with van der Waals surface area (Å²) in [6, 6.07) is 5.01. The summed E-state index contributed by atoms with van der Waals surface area (Å²) < 4.78 is 0. The number of amides is 1. The Balaban J connectivity index is 1.97. The van der Waals surface area contributed by atoms with Crippen molar-refractivity contribution in [3.8, 4) is 5.75 Å². The molecule has 0 unspecified atom stereocenters. The minimum atomic E-state index is -0.190. The summed E-state index contributed by atoms with van der Waals surface area (Å²) in [5.41, 5.74) is 6.64. The van der Waals surface area contributed by atoms with Crippen LogP contribution in [0.25, 0.3) is 0 Å². The maximum absolute atomic E-state index is 12.2. The molecular weight excluding hydrogens is 370 g/mol. The van der Waals surface area contributed by atoms with Crippen molar-refractivity contribution in [1.29, 1.82) is 0 Å². The average molecular weight is 406 g/mol. The summed E-state index contributed by atoms with van der Waals surface area (Å²) in [5, 5.41) is 12.4. The Bertz CT molecular complexity index is 940. The highest BCUT2D eigenvalue weighted by molar-refractivity contribution is 6.00. The van der Waals surface area contributed by atoms with Crippen LogP contribution in [0.4, 0.5) is 5.69 Å². The number of hydrogen-bond acceptors (Lipinski definition) is 2. The number of phenols is 1. The van der Waals surface area contributed by atoms with E-state index in [1.54, 1.807) is 31.2 Å². The zero-order valence-corrected chi connectivity index (χ0v) is 19.2. The van der Waals surface area contributed by atoms with E-state index < -0.39 is 0 Å². The van der Waals surface area contributed by atoms with E-state index >= 15 is 0 Å². The predicted octanol–water partition coefficient (Wildman–Crippen LogP) is 7.17. The summed E-state index contributed by atoms with van der Waals surface area (Å²) in [6.07, 6.45) is 15.7. The number of nitrogens with one attached hydrogen (secondary N) is 1. The summed E-state index contributed by atoms with van der Waals surface area (Å²) in [6.45, 7) is 12.7. The predicted molar refractivity (Wildman–Crippen MR) is 128 cm³/mol. The Morgan fingerprint density at radius 1 is 1.13 bits per heavy atom. The van der Waals surface area contributed by atoms with E-state index in [9.17, 15) is 9.90 Å². The van der Waals surface area contributed by atoms with E-state index in [0.29, 0.717) is 5.69 Å². The molecule has 0 aromatic heterocycles. The number of allylic oxidation sites excluding steroid dienone is 9. The van der Waals surface area contributed by atoms with Crippen molar-refractivity contribution in [1.82, 2.24) is 0 Å². The van der Waals surface area contributed by atoms with Crippen LogP contribution in [0.15, 0.2) is 76.9 Å². The second-order valence-electron chi connectivity index (χ2n) is 8.91. The summed E-state index contributed by atoms with van der Waals surface area (Å²) in [5.74, 6) is 0.0298. The first kappa shape index (κ1) is 23.5. The fourth-order valence-electron chi connectivity index (χ4n) is 3.80. The molecule has 0 saturated carbocycles. The van der Waals surface area contributed by atoms with Crippen molar-refractivity contribution < 1.29 is 9.90 Å². The van der Waals surface area contributed by atoms with Crippen molar-refractivity contribution in [3.05, 3.63) is 82.5 Å². The molecule has 3 heteroatoms. The van der Waals surface area contributed by atoms with Gasteiger partial charge in [0.15, 0.2) is 0 Å². The molecule has 1 aliphatic carbocycles. The van der Waals surface area contributed by atoms with Crippen LogP contribution in [0, 0.1) is 12.3 Å². The molecule has 0 spiro atoms. The van der Waals surface area contributed by atoms with E-state index in [4.69, 9.17) is 0 Å². The molecule has 30 heavy (non-hydrogen) atoms. The number of anilines is 1. The van der Waals surface area contributed by atoms with Gasteiger partial charge in [0.2, 0.25) is 5.91 Å². The molecule has 3 nitrogen and oxygen atoms in total. The Labute approximate surface area is 181 Å². The molecule has 1 aliphatic rings. The van der Waals surface area contributed by atoms with Crippen LogP contribution >= 0.6 is 0 Å². The van der Waals surface area contributed by atoms with Gasteiger partial charge in [-0.1, -0.05) is 55.4 Å². The van der Waals surface area contributed by atoms with Crippen molar-refractivity contribution in [3.63, 3.8) is 0 Å². The first-order valence-electron chi connectivity index (χ1n) is 10.6.